The summed E-state index contributed by atoms with van der Waals surface area (Å²) >= 11 is 6.70. The van der Waals surface area contributed by atoms with E-state index in [-0.39, 0.29) is 0 Å². The van der Waals surface area contributed by atoms with Crippen LogP contribution in [-0.4, -0.2) is 29.9 Å². The van der Waals surface area contributed by atoms with Gasteiger partial charge in [-0.1, -0.05) is 71.3 Å². The maximum atomic E-state index is 5.20. The minimum atomic E-state index is 0.692. The fourth-order valence-corrected chi connectivity index (χ4v) is 6.65. The Morgan fingerprint density at radius 3 is 0.842 bits per heavy atom. The van der Waals surface area contributed by atoms with Crippen LogP contribution in [-0.2, 0) is 23.0 Å². The van der Waals surface area contributed by atoms with Crippen LogP contribution in [0.25, 0.3) is 0 Å². The standard InChI is InChI=1S/C28H24N6S4/c1-5-13-29-25(9-1)35-17-21-22(18-36-26-10-2-6-14-30-26)34-24(20-38-28-12-4-8-16-32-28)23(33-21)19-37-27-11-3-7-15-31-27/h1-16H,17-20H2. The lowest BCUT2D eigenvalue weighted by Crippen LogP contribution is -2.08. The summed E-state index contributed by atoms with van der Waals surface area (Å²) in [7, 11) is 0. The normalized spacial score (nSPS) is 10.9. The molecule has 0 saturated carbocycles. The fraction of sp³-hybridized carbons (Fsp3) is 0.143. The maximum Gasteiger partial charge on any atom is 0.0963 e. The molecule has 0 aliphatic heterocycles. The Bertz CT molecular complexity index is 1200. The quantitative estimate of drug-likeness (QED) is 0.143. The topological polar surface area (TPSA) is 77.3 Å². The molecule has 6 nitrogen and oxygen atoms in total. The van der Waals surface area contributed by atoms with Crippen LogP contribution in [0.3, 0.4) is 0 Å². The average Bonchev–Trinajstić information content (AvgIpc) is 2.99. The predicted molar refractivity (Wildman–Crippen MR) is 157 cm³/mol. The zero-order valence-electron chi connectivity index (χ0n) is 20.4. The van der Waals surface area contributed by atoms with E-state index in [4.69, 9.17) is 9.97 Å². The molecule has 5 aromatic rings. The van der Waals surface area contributed by atoms with E-state index in [1.54, 1.807) is 47.0 Å². The second-order valence-corrected chi connectivity index (χ2v) is 11.8. The molecule has 0 saturated heterocycles. The number of nitrogens with zero attached hydrogens (tertiary/aromatic N) is 6. The first-order valence-electron chi connectivity index (χ1n) is 11.9. The van der Waals surface area contributed by atoms with Crippen LogP contribution in [0.15, 0.2) is 118 Å². The zero-order valence-corrected chi connectivity index (χ0v) is 23.6. The Morgan fingerprint density at radius 1 is 0.368 bits per heavy atom. The molecule has 0 unspecified atom stereocenters. The molecule has 190 valence electrons. The molecule has 10 heteroatoms. The molecule has 0 aliphatic rings. The third kappa shape index (κ3) is 8.04. The van der Waals surface area contributed by atoms with Crippen LogP contribution in [0.2, 0.25) is 0 Å². The number of rotatable bonds is 12. The van der Waals surface area contributed by atoms with Gasteiger partial charge in [0.05, 0.1) is 42.9 Å². The minimum Gasteiger partial charge on any atom is -0.252 e. The molecular weight excluding hydrogens is 549 g/mol. The summed E-state index contributed by atoms with van der Waals surface area (Å²) in [5.74, 6) is 2.77. The first kappa shape index (κ1) is 26.7. The first-order chi connectivity index (χ1) is 18.8. The van der Waals surface area contributed by atoms with E-state index < -0.39 is 0 Å². The van der Waals surface area contributed by atoms with Crippen molar-refractivity contribution in [2.75, 3.05) is 0 Å². The van der Waals surface area contributed by atoms with E-state index in [0.717, 1.165) is 42.9 Å². The molecule has 0 aromatic carbocycles. The van der Waals surface area contributed by atoms with Crippen LogP contribution < -0.4 is 0 Å². The summed E-state index contributed by atoms with van der Waals surface area (Å²) in [5.41, 5.74) is 3.92. The molecule has 0 radical (unpaired) electrons. The Balaban J connectivity index is 1.44. The van der Waals surface area contributed by atoms with Gasteiger partial charge in [-0.15, -0.1) is 0 Å². The van der Waals surface area contributed by atoms with Crippen LogP contribution in [0, 0.1) is 0 Å². The van der Waals surface area contributed by atoms with Crippen molar-refractivity contribution in [2.24, 2.45) is 0 Å². The van der Waals surface area contributed by atoms with E-state index in [9.17, 15) is 0 Å². The molecule has 0 atom stereocenters. The molecule has 5 heterocycles. The van der Waals surface area contributed by atoms with Gasteiger partial charge in [0, 0.05) is 47.8 Å². The highest BCUT2D eigenvalue weighted by atomic mass is 32.2. The van der Waals surface area contributed by atoms with Gasteiger partial charge in [0.25, 0.3) is 0 Å². The van der Waals surface area contributed by atoms with Gasteiger partial charge in [-0.25, -0.2) is 19.9 Å². The summed E-state index contributed by atoms with van der Waals surface area (Å²) in [6.45, 7) is 0. The van der Waals surface area contributed by atoms with Gasteiger partial charge in [0.1, 0.15) is 0 Å². The lowest BCUT2D eigenvalue weighted by Gasteiger charge is -2.14. The van der Waals surface area contributed by atoms with E-state index >= 15 is 0 Å². The van der Waals surface area contributed by atoms with Crippen molar-refractivity contribution in [1.29, 1.82) is 0 Å². The van der Waals surface area contributed by atoms with Gasteiger partial charge in [-0.3, -0.25) is 9.97 Å². The third-order valence-corrected chi connectivity index (χ3v) is 9.00. The van der Waals surface area contributed by atoms with Gasteiger partial charge < -0.3 is 0 Å². The average molecular weight is 573 g/mol. The second-order valence-electron chi connectivity index (χ2n) is 7.84. The van der Waals surface area contributed by atoms with Gasteiger partial charge >= 0.3 is 0 Å². The molecule has 5 rings (SSSR count). The number of thioether (sulfide) groups is 4. The molecule has 38 heavy (non-hydrogen) atoms. The number of hydrogen-bond donors (Lipinski definition) is 0. The first-order valence-corrected chi connectivity index (χ1v) is 15.8. The van der Waals surface area contributed by atoms with Crippen LogP contribution in [0.5, 0.6) is 0 Å². The molecule has 0 spiro atoms. The Hall–Kier alpha value is -2.92. The number of pyridine rings is 4. The van der Waals surface area contributed by atoms with Crippen molar-refractivity contribution in [3.8, 4) is 0 Å². The molecule has 0 N–H and O–H groups in total. The van der Waals surface area contributed by atoms with Crippen LogP contribution in [0.1, 0.15) is 22.8 Å². The van der Waals surface area contributed by atoms with Gasteiger partial charge in [0.2, 0.25) is 0 Å². The molecule has 0 amide bonds. The maximum absolute atomic E-state index is 5.20. The van der Waals surface area contributed by atoms with Crippen molar-refractivity contribution < 1.29 is 0 Å². The summed E-state index contributed by atoms with van der Waals surface area (Å²) in [5, 5.41) is 3.88. The van der Waals surface area contributed by atoms with Crippen molar-refractivity contribution in [1.82, 2.24) is 29.9 Å². The van der Waals surface area contributed by atoms with Crippen LogP contribution >= 0.6 is 47.0 Å². The smallest absolute Gasteiger partial charge is 0.0963 e. The van der Waals surface area contributed by atoms with Crippen molar-refractivity contribution in [3.63, 3.8) is 0 Å². The van der Waals surface area contributed by atoms with Gasteiger partial charge in [-0.05, 0) is 48.5 Å². The van der Waals surface area contributed by atoms with E-state index in [0.29, 0.717) is 23.0 Å². The minimum absolute atomic E-state index is 0.692. The SMILES string of the molecule is c1ccc(SCc2nc(CSc3ccccn3)c(CSc3ccccn3)nc2CSc2ccccn2)nc1. The van der Waals surface area contributed by atoms with Gasteiger partial charge in [-0.2, -0.15) is 0 Å². The van der Waals surface area contributed by atoms with Gasteiger partial charge in [0.15, 0.2) is 0 Å². The summed E-state index contributed by atoms with van der Waals surface area (Å²) in [4.78, 5) is 28.3. The third-order valence-electron chi connectivity index (χ3n) is 5.18. The largest absolute Gasteiger partial charge is 0.252 e. The monoisotopic (exact) mass is 572 g/mol. The Morgan fingerprint density at radius 2 is 0.632 bits per heavy atom. The fourth-order valence-electron chi connectivity index (χ4n) is 3.35. The molecule has 0 bridgehead atoms. The highest BCUT2D eigenvalue weighted by Crippen LogP contribution is 2.30. The van der Waals surface area contributed by atoms with E-state index in [2.05, 4.69) is 19.9 Å². The Kier molecular flexibility index (Phi) is 10.0. The van der Waals surface area contributed by atoms with E-state index in [1.165, 1.54) is 0 Å². The lowest BCUT2D eigenvalue weighted by atomic mass is 10.3. The second kappa shape index (κ2) is 14.3. The summed E-state index contributed by atoms with van der Waals surface area (Å²) in [6, 6.07) is 23.8. The Labute approximate surface area is 239 Å². The summed E-state index contributed by atoms with van der Waals surface area (Å²) in [6.07, 6.45) is 7.27. The van der Waals surface area contributed by atoms with E-state index in [1.807, 2.05) is 97.6 Å². The van der Waals surface area contributed by atoms with Crippen molar-refractivity contribution in [3.05, 3.63) is 120 Å². The van der Waals surface area contributed by atoms with Crippen LogP contribution in [0.4, 0.5) is 0 Å². The zero-order chi connectivity index (χ0) is 25.8. The molecule has 0 fully saturated rings. The van der Waals surface area contributed by atoms with Crippen molar-refractivity contribution >= 4 is 47.0 Å². The highest BCUT2D eigenvalue weighted by molar-refractivity contribution is 7.99. The lowest BCUT2D eigenvalue weighted by molar-refractivity contribution is 0.924. The highest BCUT2D eigenvalue weighted by Gasteiger charge is 2.16. The predicted octanol–water partition coefficient (Wildman–Crippen LogP) is 7.23. The number of hydrogen-bond acceptors (Lipinski definition) is 10. The van der Waals surface area contributed by atoms with Crippen molar-refractivity contribution in [2.45, 2.75) is 43.1 Å². The molecule has 0 aliphatic carbocycles. The molecule has 5 aromatic heterocycles. The number of aromatic nitrogens is 6. The molecular formula is C28H24N6S4. The summed E-state index contributed by atoms with van der Waals surface area (Å²) < 4.78 is 0.